The van der Waals surface area contributed by atoms with Gasteiger partial charge >= 0.3 is 0 Å². The molecule has 4 rings (SSSR count). The largest absolute Gasteiger partial charge is 0.491 e. The van der Waals surface area contributed by atoms with Gasteiger partial charge < -0.3 is 9.64 Å². The Morgan fingerprint density at radius 2 is 1.91 bits per heavy atom. The number of nitrogens with zero attached hydrogens (tertiary/aromatic N) is 2. The first-order valence-electron chi connectivity index (χ1n) is 11.2. The third kappa shape index (κ3) is 5.78. The molecule has 9 heteroatoms. The second kappa shape index (κ2) is 11.0. The average Bonchev–Trinajstić information content (AvgIpc) is 3.32. The molecule has 0 radical (unpaired) electrons. The molecule has 2 aromatic carbocycles. The summed E-state index contributed by atoms with van der Waals surface area (Å²) in [5.41, 5.74) is 2.00. The molecule has 35 heavy (non-hydrogen) atoms. The van der Waals surface area contributed by atoms with E-state index in [0.29, 0.717) is 17.3 Å². The smallest absolute Gasteiger partial charge is 0.243 e. The molecule has 0 bridgehead atoms. The van der Waals surface area contributed by atoms with Crippen LogP contribution in [0.1, 0.15) is 22.0 Å². The molecule has 0 spiro atoms. The van der Waals surface area contributed by atoms with E-state index in [0.717, 1.165) is 17.5 Å². The van der Waals surface area contributed by atoms with E-state index in [-0.39, 0.29) is 36.5 Å². The highest BCUT2D eigenvalue weighted by molar-refractivity contribution is 7.89. The van der Waals surface area contributed by atoms with E-state index in [4.69, 9.17) is 16.3 Å². The van der Waals surface area contributed by atoms with Crippen LogP contribution in [0.25, 0.3) is 0 Å². The fourth-order valence-electron chi connectivity index (χ4n) is 4.07. The fourth-order valence-corrected chi connectivity index (χ4v) is 6.49. The zero-order valence-electron chi connectivity index (χ0n) is 19.4. The molecule has 0 N–H and O–H groups in total. The van der Waals surface area contributed by atoms with Crippen molar-refractivity contribution in [3.63, 3.8) is 0 Å². The highest BCUT2D eigenvalue weighted by Gasteiger charge is 2.35. The minimum Gasteiger partial charge on any atom is -0.491 e. The van der Waals surface area contributed by atoms with Crippen molar-refractivity contribution in [2.24, 2.45) is 0 Å². The number of ether oxygens (including phenoxy) is 1. The summed E-state index contributed by atoms with van der Waals surface area (Å²) in [6.07, 6.45) is 2.22. The molecule has 1 atom stereocenters. The first kappa shape index (κ1) is 25.4. The normalized spacial score (nSPS) is 15.6. The maximum Gasteiger partial charge on any atom is 0.243 e. The summed E-state index contributed by atoms with van der Waals surface area (Å²) in [5, 5.41) is 2.63. The number of rotatable bonds is 9. The lowest BCUT2D eigenvalue weighted by Gasteiger charge is -2.36. The molecule has 2 heterocycles. The lowest BCUT2D eigenvalue weighted by molar-refractivity contribution is -0.135. The molecular weight excluding hydrogens is 504 g/mol. The third-order valence-corrected chi connectivity index (χ3v) is 9.01. The van der Waals surface area contributed by atoms with Gasteiger partial charge in [-0.25, -0.2) is 8.42 Å². The Morgan fingerprint density at radius 3 is 2.60 bits per heavy atom. The molecule has 0 saturated carbocycles. The summed E-state index contributed by atoms with van der Waals surface area (Å²) in [4.78, 5) is 16.6. The van der Waals surface area contributed by atoms with Gasteiger partial charge in [-0.15, -0.1) is 17.9 Å². The first-order valence-corrected chi connectivity index (χ1v) is 13.9. The highest BCUT2D eigenvalue weighted by atomic mass is 35.5. The molecule has 0 fully saturated rings. The maximum absolute atomic E-state index is 13.5. The van der Waals surface area contributed by atoms with Gasteiger partial charge in [-0.3, -0.25) is 4.79 Å². The molecule has 184 valence electrons. The van der Waals surface area contributed by atoms with Crippen molar-refractivity contribution in [3.8, 4) is 5.75 Å². The predicted molar refractivity (Wildman–Crippen MR) is 140 cm³/mol. The second-order valence-electron chi connectivity index (χ2n) is 8.32. The number of hydrogen-bond donors (Lipinski definition) is 0. The molecule has 6 nitrogen and oxygen atoms in total. The lowest BCUT2D eigenvalue weighted by Crippen LogP contribution is -2.47. The Hall–Kier alpha value is -2.65. The number of carbonyl (C=O) groups is 1. The third-order valence-electron chi connectivity index (χ3n) is 5.94. The molecular formula is C26H27ClN2O4S2. The summed E-state index contributed by atoms with van der Waals surface area (Å²) in [6, 6.07) is 15.4. The Morgan fingerprint density at radius 1 is 1.20 bits per heavy atom. The number of halogens is 1. The van der Waals surface area contributed by atoms with Crippen molar-refractivity contribution in [1.82, 2.24) is 9.21 Å². The van der Waals surface area contributed by atoms with Gasteiger partial charge in [0.1, 0.15) is 12.4 Å². The van der Waals surface area contributed by atoms with Crippen LogP contribution in [0.4, 0.5) is 0 Å². The van der Waals surface area contributed by atoms with Crippen LogP contribution in [-0.2, 0) is 21.2 Å². The van der Waals surface area contributed by atoms with E-state index in [1.807, 2.05) is 18.4 Å². The fraction of sp³-hybridized carbons (Fsp3) is 0.269. The van der Waals surface area contributed by atoms with Gasteiger partial charge in [-0.05, 0) is 66.8 Å². The SMILES string of the molecule is C=CCN(CC(=O)N1CCc2sccc2[C@H]1COc1ccc(Cl)cc1)S(=O)(=O)c1ccc(C)cc1. The first-order chi connectivity index (χ1) is 16.8. The molecule has 0 saturated heterocycles. The van der Waals surface area contributed by atoms with Gasteiger partial charge in [-0.2, -0.15) is 4.31 Å². The van der Waals surface area contributed by atoms with Crippen LogP contribution in [0.5, 0.6) is 5.75 Å². The van der Waals surface area contributed by atoms with Gasteiger partial charge in [0.15, 0.2) is 0 Å². The Labute approximate surface area is 215 Å². The van der Waals surface area contributed by atoms with Crippen molar-refractivity contribution < 1.29 is 17.9 Å². The zero-order valence-corrected chi connectivity index (χ0v) is 21.8. The minimum atomic E-state index is -3.87. The molecule has 0 aliphatic carbocycles. The quantitative estimate of drug-likeness (QED) is 0.361. The minimum absolute atomic E-state index is 0.0332. The van der Waals surface area contributed by atoms with E-state index in [2.05, 4.69) is 6.58 Å². The van der Waals surface area contributed by atoms with Gasteiger partial charge in [0.25, 0.3) is 0 Å². The predicted octanol–water partition coefficient (Wildman–Crippen LogP) is 5.09. The molecule has 1 aliphatic rings. The van der Waals surface area contributed by atoms with Gasteiger partial charge in [0.2, 0.25) is 15.9 Å². The van der Waals surface area contributed by atoms with Crippen LogP contribution in [0.15, 0.2) is 77.5 Å². The van der Waals surface area contributed by atoms with E-state index in [9.17, 15) is 13.2 Å². The van der Waals surface area contributed by atoms with Crippen molar-refractivity contribution in [2.75, 3.05) is 26.2 Å². The van der Waals surface area contributed by atoms with Crippen molar-refractivity contribution in [3.05, 3.63) is 93.7 Å². The Balaban J connectivity index is 1.55. The summed E-state index contributed by atoms with van der Waals surface area (Å²) in [5.74, 6) is 0.378. The van der Waals surface area contributed by atoms with Crippen molar-refractivity contribution >= 4 is 38.9 Å². The van der Waals surface area contributed by atoms with Gasteiger partial charge in [0.05, 0.1) is 17.5 Å². The van der Waals surface area contributed by atoms with Gasteiger partial charge in [0, 0.05) is 23.0 Å². The zero-order chi connectivity index (χ0) is 25.0. The Kier molecular flexibility index (Phi) is 7.96. The average molecular weight is 531 g/mol. The van der Waals surface area contributed by atoms with Crippen LogP contribution < -0.4 is 4.74 Å². The number of fused-ring (bicyclic) bond motifs is 1. The standard InChI is InChI=1S/C26H27ClN2O4S2/c1-3-14-28(35(31,32)22-10-4-19(2)5-11-22)17-26(30)29-15-12-25-23(13-16-34-25)24(29)18-33-21-8-6-20(27)7-9-21/h3-11,13,16,24H,1,12,14-15,17-18H2,2H3/t24-/m1/s1. The monoisotopic (exact) mass is 530 g/mol. The summed E-state index contributed by atoms with van der Waals surface area (Å²) >= 11 is 7.63. The van der Waals surface area contributed by atoms with Crippen LogP contribution >= 0.6 is 22.9 Å². The highest BCUT2D eigenvalue weighted by Crippen LogP contribution is 2.34. The summed E-state index contributed by atoms with van der Waals surface area (Å²) < 4.78 is 33.8. The second-order valence-corrected chi connectivity index (χ2v) is 11.7. The van der Waals surface area contributed by atoms with Crippen molar-refractivity contribution in [2.45, 2.75) is 24.3 Å². The molecule has 3 aromatic rings. The van der Waals surface area contributed by atoms with E-state index in [1.165, 1.54) is 15.3 Å². The van der Waals surface area contributed by atoms with E-state index >= 15 is 0 Å². The Bertz CT molecular complexity index is 1290. The lowest BCUT2D eigenvalue weighted by atomic mass is 10.0. The number of thiophene rings is 1. The van der Waals surface area contributed by atoms with Crippen LogP contribution in [0.3, 0.4) is 0 Å². The number of carbonyl (C=O) groups excluding carboxylic acids is 1. The summed E-state index contributed by atoms with van der Waals surface area (Å²) in [7, 11) is -3.87. The van der Waals surface area contributed by atoms with E-state index in [1.54, 1.807) is 64.8 Å². The van der Waals surface area contributed by atoms with Crippen LogP contribution in [0.2, 0.25) is 5.02 Å². The number of benzene rings is 2. The molecule has 0 unspecified atom stereocenters. The molecule has 1 aromatic heterocycles. The number of aryl methyl sites for hydroxylation is 1. The van der Waals surface area contributed by atoms with Crippen LogP contribution in [-0.4, -0.2) is 49.8 Å². The van der Waals surface area contributed by atoms with E-state index < -0.39 is 10.0 Å². The van der Waals surface area contributed by atoms with Crippen molar-refractivity contribution in [1.29, 1.82) is 0 Å². The maximum atomic E-state index is 13.5. The molecule has 1 amide bonds. The number of hydrogen-bond acceptors (Lipinski definition) is 5. The van der Waals surface area contributed by atoms with Gasteiger partial charge in [-0.1, -0.05) is 35.4 Å². The number of amides is 1. The summed E-state index contributed by atoms with van der Waals surface area (Å²) in [6.45, 7) is 6.08. The topological polar surface area (TPSA) is 66.9 Å². The molecule has 1 aliphatic heterocycles. The number of sulfonamides is 1. The van der Waals surface area contributed by atoms with Crippen LogP contribution in [0, 0.1) is 6.92 Å².